The first-order chi connectivity index (χ1) is 10.8. The number of benzene rings is 1. The Morgan fingerprint density at radius 1 is 1.41 bits per heavy atom. The summed E-state index contributed by atoms with van der Waals surface area (Å²) in [7, 11) is 0. The van der Waals surface area contributed by atoms with Crippen molar-refractivity contribution in [3.8, 4) is 0 Å². The Kier molecular flexibility index (Phi) is 4.80. The molecule has 0 spiro atoms. The third-order valence-corrected chi connectivity index (χ3v) is 4.72. The number of carbonyl (C=O) groups excluding carboxylic acids is 1. The van der Waals surface area contributed by atoms with E-state index in [1.807, 2.05) is 13.0 Å². The highest BCUT2D eigenvalue weighted by atomic mass is 32.1. The third-order valence-electron chi connectivity index (χ3n) is 3.95. The van der Waals surface area contributed by atoms with Crippen molar-refractivity contribution in [1.29, 1.82) is 0 Å². The van der Waals surface area contributed by atoms with Crippen molar-refractivity contribution in [2.24, 2.45) is 0 Å². The van der Waals surface area contributed by atoms with Crippen molar-refractivity contribution >= 4 is 17.4 Å². The van der Waals surface area contributed by atoms with Crippen LogP contribution in [0, 0.1) is 0 Å². The lowest BCUT2D eigenvalue weighted by Gasteiger charge is -2.16. The Hall–Kier alpha value is -1.79. The SMILES string of the molecule is CCc1nnsc1C(=O)NC1CCN(Cc2ccccc2)C1. The van der Waals surface area contributed by atoms with Gasteiger partial charge in [-0.2, -0.15) is 0 Å². The number of rotatable bonds is 5. The van der Waals surface area contributed by atoms with Crippen molar-refractivity contribution in [3.05, 3.63) is 46.5 Å². The summed E-state index contributed by atoms with van der Waals surface area (Å²) in [5, 5.41) is 7.12. The molecule has 116 valence electrons. The van der Waals surface area contributed by atoms with E-state index in [9.17, 15) is 4.79 Å². The van der Waals surface area contributed by atoms with Gasteiger partial charge in [-0.05, 0) is 29.9 Å². The van der Waals surface area contributed by atoms with Crippen LogP contribution in [-0.2, 0) is 13.0 Å². The highest BCUT2D eigenvalue weighted by Crippen LogP contribution is 2.16. The fourth-order valence-corrected chi connectivity index (χ4v) is 3.45. The Bertz CT molecular complexity index is 628. The predicted octanol–water partition coefficient (Wildman–Crippen LogP) is 2.10. The van der Waals surface area contributed by atoms with Crippen LogP contribution in [0.4, 0.5) is 0 Å². The van der Waals surface area contributed by atoms with Gasteiger partial charge in [-0.1, -0.05) is 41.7 Å². The smallest absolute Gasteiger partial charge is 0.265 e. The maximum Gasteiger partial charge on any atom is 0.265 e. The molecular weight excluding hydrogens is 296 g/mol. The van der Waals surface area contributed by atoms with Crippen molar-refractivity contribution in [2.45, 2.75) is 32.4 Å². The van der Waals surface area contributed by atoms with Crippen LogP contribution in [-0.4, -0.2) is 39.5 Å². The number of aromatic nitrogens is 2. The molecule has 1 N–H and O–H groups in total. The normalized spacial score (nSPS) is 18.5. The molecule has 2 aromatic rings. The van der Waals surface area contributed by atoms with Gasteiger partial charge in [0.05, 0.1) is 5.69 Å². The van der Waals surface area contributed by atoms with Gasteiger partial charge >= 0.3 is 0 Å². The summed E-state index contributed by atoms with van der Waals surface area (Å²) in [4.78, 5) is 15.3. The Morgan fingerprint density at radius 3 is 3.00 bits per heavy atom. The Morgan fingerprint density at radius 2 is 2.23 bits per heavy atom. The van der Waals surface area contributed by atoms with Gasteiger partial charge in [-0.3, -0.25) is 9.69 Å². The fraction of sp³-hybridized carbons (Fsp3) is 0.438. The van der Waals surface area contributed by atoms with E-state index >= 15 is 0 Å². The minimum atomic E-state index is -0.0292. The van der Waals surface area contributed by atoms with E-state index in [4.69, 9.17) is 0 Å². The summed E-state index contributed by atoms with van der Waals surface area (Å²) in [5.41, 5.74) is 2.11. The second-order valence-electron chi connectivity index (χ2n) is 5.58. The summed E-state index contributed by atoms with van der Waals surface area (Å²) in [6.45, 7) is 4.84. The molecule has 1 aromatic heterocycles. The molecule has 3 rings (SSSR count). The van der Waals surface area contributed by atoms with Crippen LogP contribution in [0.25, 0.3) is 0 Å². The topological polar surface area (TPSA) is 58.1 Å². The zero-order chi connectivity index (χ0) is 15.4. The number of hydrogen-bond acceptors (Lipinski definition) is 5. The molecule has 1 fully saturated rings. The van der Waals surface area contributed by atoms with Crippen LogP contribution in [0.1, 0.15) is 34.3 Å². The van der Waals surface area contributed by atoms with Gasteiger partial charge in [0.1, 0.15) is 4.88 Å². The quantitative estimate of drug-likeness (QED) is 0.918. The molecule has 1 aliphatic heterocycles. The lowest BCUT2D eigenvalue weighted by molar-refractivity contribution is 0.0940. The summed E-state index contributed by atoms with van der Waals surface area (Å²) in [5.74, 6) is -0.0292. The standard InChI is InChI=1S/C16H20N4OS/c1-2-14-15(22-19-18-14)16(21)17-13-8-9-20(11-13)10-12-6-4-3-5-7-12/h3-7,13H,2,8-11H2,1H3,(H,17,21). The monoisotopic (exact) mass is 316 g/mol. The number of nitrogens with zero attached hydrogens (tertiary/aromatic N) is 3. The second kappa shape index (κ2) is 6.98. The zero-order valence-corrected chi connectivity index (χ0v) is 13.5. The summed E-state index contributed by atoms with van der Waals surface area (Å²) in [6.07, 6.45) is 1.73. The molecule has 1 aliphatic rings. The molecule has 1 saturated heterocycles. The van der Waals surface area contributed by atoms with E-state index in [2.05, 4.69) is 44.1 Å². The van der Waals surface area contributed by atoms with Gasteiger partial charge < -0.3 is 5.32 Å². The molecule has 1 atom stereocenters. The Balaban J connectivity index is 1.54. The first-order valence-corrected chi connectivity index (χ1v) is 8.42. The van der Waals surface area contributed by atoms with Gasteiger partial charge in [-0.15, -0.1) is 5.10 Å². The van der Waals surface area contributed by atoms with E-state index in [-0.39, 0.29) is 11.9 Å². The highest BCUT2D eigenvalue weighted by Gasteiger charge is 2.25. The molecule has 0 aliphatic carbocycles. The van der Waals surface area contributed by atoms with Crippen molar-refractivity contribution < 1.29 is 4.79 Å². The van der Waals surface area contributed by atoms with E-state index in [0.717, 1.165) is 38.2 Å². The zero-order valence-electron chi connectivity index (χ0n) is 12.7. The summed E-state index contributed by atoms with van der Waals surface area (Å²) < 4.78 is 3.88. The van der Waals surface area contributed by atoms with Crippen LogP contribution >= 0.6 is 11.5 Å². The van der Waals surface area contributed by atoms with Crippen molar-refractivity contribution in [1.82, 2.24) is 19.8 Å². The highest BCUT2D eigenvalue weighted by molar-refractivity contribution is 7.08. The first kappa shape index (κ1) is 15.1. The van der Waals surface area contributed by atoms with E-state index in [1.54, 1.807) is 0 Å². The maximum absolute atomic E-state index is 12.3. The lowest BCUT2D eigenvalue weighted by Crippen LogP contribution is -2.37. The van der Waals surface area contributed by atoms with Gasteiger partial charge in [0.2, 0.25) is 0 Å². The Labute approximate surface area is 134 Å². The average Bonchev–Trinajstić information content (AvgIpc) is 3.17. The summed E-state index contributed by atoms with van der Waals surface area (Å²) in [6, 6.07) is 10.7. The molecular formula is C16H20N4OS. The molecule has 1 unspecified atom stereocenters. The molecule has 0 bridgehead atoms. The minimum Gasteiger partial charge on any atom is -0.347 e. The molecule has 2 heterocycles. The van der Waals surface area contributed by atoms with E-state index < -0.39 is 0 Å². The second-order valence-corrected chi connectivity index (χ2v) is 6.34. The van der Waals surface area contributed by atoms with Gasteiger partial charge in [0.15, 0.2) is 0 Å². The molecule has 5 nitrogen and oxygen atoms in total. The van der Waals surface area contributed by atoms with Gasteiger partial charge in [0, 0.05) is 25.7 Å². The fourth-order valence-electron chi connectivity index (χ4n) is 2.80. The predicted molar refractivity (Wildman–Crippen MR) is 86.9 cm³/mol. The molecule has 22 heavy (non-hydrogen) atoms. The molecule has 1 amide bonds. The van der Waals surface area contributed by atoms with Crippen LogP contribution in [0.3, 0.4) is 0 Å². The number of likely N-dealkylation sites (tertiary alicyclic amines) is 1. The first-order valence-electron chi connectivity index (χ1n) is 7.64. The van der Waals surface area contributed by atoms with E-state index in [0.29, 0.717) is 4.88 Å². The maximum atomic E-state index is 12.3. The van der Waals surface area contributed by atoms with Gasteiger partial charge in [-0.25, -0.2) is 0 Å². The van der Waals surface area contributed by atoms with Crippen LogP contribution in [0.2, 0.25) is 0 Å². The largest absolute Gasteiger partial charge is 0.347 e. The number of hydrogen-bond donors (Lipinski definition) is 1. The molecule has 6 heteroatoms. The average molecular weight is 316 g/mol. The number of carbonyl (C=O) groups is 1. The van der Waals surface area contributed by atoms with Crippen LogP contribution in [0.5, 0.6) is 0 Å². The molecule has 0 radical (unpaired) electrons. The van der Waals surface area contributed by atoms with Crippen molar-refractivity contribution in [3.63, 3.8) is 0 Å². The summed E-state index contributed by atoms with van der Waals surface area (Å²) >= 11 is 1.18. The van der Waals surface area contributed by atoms with Crippen molar-refractivity contribution in [2.75, 3.05) is 13.1 Å². The number of amides is 1. The van der Waals surface area contributed by atoms with Gasteiger partial charge in [0.25, 0.3) is 5.91 Å². The van der Waals surface area contributed by atoms with E-state index in [1.165, 1.54) is 17.1 Å². The third kappa shape index (κ3) is 3.51. The number of nitrogens with one attached hydrogen (secondary N) is 1. The molecule has 1 aromatic carbocycles. The lowest BCUT2D eigenvalue weighted by atomic mass is 10.2. The molecule has 0 saturated carbocycles. The minimum absolute atomic E-state index is 0.0292. The van der Waals surface area contributed by atoms with Crippen LogP contribution < -0.4 is 5.32 Å². The van der Waals surface area contributed by atoms with Crippen LogP contribution in [0.15, 0.2) is 30.3 Å². The number of aryl methyl sites for hydroxylation is 1.